The molecule has 20 heavy (non-hydrogen) atoms. The lowest BCUT2D eigenvalue weighted by Gasteiger charge is -2.32. The van der Waals surface area contributed by atoms with Crippen LogP contribution in [0.3, 0.4) is 0 Å². The molecule has 2 heterocycles. The molecule has 0 radical (unpaired) electrons. The van der Waals surface area contributed by atoms with Gasteiger partial charge in [-0.15, -0.1) is 0 Å². The summed E-state index contributed by atoms with van der Waals surface area (Å²) < 4.78 is 1.12. The maximum atomic E-state index is 12.0. The molecular formula is C14H19N3O3. The van der Waals surface area contributed by atoms with Crippen molar-refractivity contribution in [3.63, 3.8) is 0 Å². The van der Waals surface area contributed by atoms with Gasteiger partial charge in [0.2, 0.25) is 0 Å². The van der Waals surface area contributed by atoms with Crippen molar-refractivity contribution < 1.29 is 9.90 Å². The molecule has 1 unspecified atom stereocenters. The first-order valence-electron chi connectivity index (χ1n) is 6.70. The van der Waals surface area contributed by atoms with Crippen LogP contribution in [0.1, 0.15) is 19.8 Å². The second-order valence-corrected chi connectivity index (χ2v) is 5.31. The second-order valence-electron chi connectivity index (χ2n) is 5.31. The van der Waals surface area contributed by atoms with Gasteiger partial charge in [0, 0.05) is 19.2 Å². The quantitative estimate of drug-likeness (QED) is 0.835. The van der Waals surface area contributed by atoms with Gasteiger partial charge in [-0.3, -0.25) is 4.79 Å². The van der Waals surface area contributed by atoms with Crippen molar-refractivity contribution in [2.75, 3.05) is 18.0 Å². The minimum absolute atomic E-state index is 0.0565. The van der Waals surface area contributed by atoms with Crippen LogP contribution in [0.5, 0.6) is 0 Å². The predicted octanol–water partition coefficient (Wildman–Crippen LogP) is 1.12. The standard InChI is InChI=1S/C14H19N3O3/c1-10-4-3-5-16(8-10)12-6-13(18)17(15-7-12)9-11(2)14(19)20/h6-7,10H,2-5,8-9H2,1H3,(H,19,20). The van der Waals surface area contributed by atoms with Crippen molar-refractivity contribution in [1.82, 2.24) is 9.78 Å². The molecule has 6 nitrogen and oxygen atoms in total. The number of nitrogens with zero attached hydrogens (tertiary/aromatic N) is 3. The Morgan fingerprint density at radius 2 is 2.35 bits per heavy atom. The fraction of sp³-hybridized carbons (Fsp3) is 0.500. The molecule has 0 saturated carbocycles. The summed E-state index contributed by atoms with van der Waals surface area (Å²) >= 11 is 0. The molecule has 1 aromatic heterocycles. The highest BCUT2D eigenvalue weighted by atomic mass is 16.4. The predicted molar refractivity (Wildman–Crippen MR) is 75.9 cm³/mol. The van der Waals surface area contributed by atoms with Crippen LogP contribution in [0, 0.1) is 5.92 Å². The number of rotatable bonds is 4. The van der Waals surface area contributed by atoms with Crippen molar-refractivity contribution in [3.05, 3.63) is 34.8 Å². The zero-order valence-corrected chi connectivity index (χ0v) is 11.6. The maximum absolute atomic E-state index is 12.0. The van der Waals surface area contributed by atoms with E-state index in [1.54, 1.807) is 6.20 Å². The number of aromatic nitrogens is 2. The van der Waals surface area contributed by atoms with Gasteiger partial charge in [-0.2, -0.15) is 5.10 Å². The van der Waals surface area contributed by atoms with Gasteiger partial charge >= 0.3 is 5.97 Å². The molecule has 1 aliphatic heterocycles. The van der Waals surface area contributed by atoms with E-state index in [2.05, 4.69) is 23.5 Å². The minimum atomic E-state index is -1.12. The van der Waals surface area contributed by atoms with Gasteiger partial charge in [-0.05, 0) is 18.8 Å². The first-order chi connectivity index (χ1) is 9.47. The highest BCUT2D eigenvalue weighted by molar-refractivity contribution is 5.85. The monoisotopic (exact) mass is 277 g/mol. The van der Waals surface area contributed by atoms with Gasteiger partial charge in [0.05, 0.1) is 24.0 Å². The van der Waals surface area contributed by atoms with Crippen LogP contribution in [-0.2, 0) is 11.3 Å². The number of aliphatic carboxylic acids is 1. The zero-order chi connectivity index (χ0) is 14.7. The van der Waals surface area contributed by atoms with Crippen molar-refractivity contribution in [1.29, 1.82) is 0 Å². The Balaban J connectivity index is 2.15. The molecule has 0 amide bonds. The average molecular weight is 277 g/mol. The fourth-order valence-electron chi connectivity index (χ4n) is 2.39. The largest absolute Gasteiger partial charge is 0.478 e. The third-order valence-electron chi connectivity index (χ3n) is 3.52. The molecule has 1 N–H and O–H groups in total. The number of piperidine rings is 1. The summed E-state index contributed by atoms with van der Waals surface area (Å²) in [6, 6.07) is 1.51. The van der Waals surface area contributed by atoms with Crippen LogP contribution in [-0.4, -0.2) is 33.9 Å². The summed E-state index contributed by atoms with van der Waals surface area (Å²) in [5.41, 5.74) is 0.445. The molecule has 1 aliphatic rings. The van der Waals surface area contributed by atoms with E-state index in [9.17, 15) is 9.59 Å². The maximum Gasteiger partial charge on any atom is 0.332 e. The Labute approximate surface area is 117 Å². The molecule has 6 heteroatoms. The van der Waals surface area contributed by atoms with E-state index in [1.165, 1.54) is 12.5 Å². The number of hydrogen-bond acceptors (Lipinski definition) is 4. The van der Waals surface area contributed by atoms with Gasteiger partial charge in [0.1, 0.15) is 0 Å². The van der Waals surface area contributed by atoms with Crippen LogP contribution >= 0.6 is 0 Å². The summed E-state index contributed by atoms with van der Waals surface area (Å²) in [4.78, 5) is 24.8. The SMILES string of the molecule is C=C(Cn1ncc(N2CCCC(C)C2)cc1=O)C(=O)O. The van der Waals surface area contributed by atoms with E-state index in [-0.39, 0.29) is 17.7 Å². The first kappa shape index (κ1) is 14.3. The van der Waals surface area contributed by atoms with Crippen molar-refractivity contribution in [2.45, 2.75) is 26.3 Å². The van der Waals surface area contributed by atoms with E-state index in [1.807, 2.05) is 0 Å². The van der Waals surface area contributed by atoms with Crippen molar-refractivity contribution in [2.24, 2.45) is 5.92 Å². The minimum Gasteiger partial charge on any atom is -0.478 e. The number of carboxylic acids is 1. The lowest BCUT2D eigenvalue weighted by molar-refractivity contribution is -0.132. The van der Waals surface area contributed by atoms with Gasteiger partial charge in [0.15, 0.2) is 0 Å². The van der Waals surface area contributed by atoms with E-state index < -0.39 is 5.97 Å². The Morgan fingerprint density at radius 3 is 2.95 bits per heavy atom. The van der Waals surface area contributed by atoms with Crippen LogP contribution < -0.4 is 10.5 Å². The summed E-state index contributed by atoms with van der Waals surface area (Å²) in [7, 11) is 0. The Hall–Kier alpha value is -2.11. The molecule has 0 bridgehead atoms. The molecule has 1 atom stereocenters. The third kappa shape index (κ3) is 3.26. The summed E-state index contributed by atoms with van der Waals surface area (Å²) in [5.74, 6) is -0.509. The van der Waals surface area contributed by atoms with Crippen LogP contribution in [0.2, 0.25) is 0 Å². The highest BCUT2D eigenvalue weighted by Gasteiger charge is 2.17. The van der Waals surface area contributed by atoms with Gasteiger partial charge in [0.25, 0.3) is 5.56 Å². The Kier molecular flexibility index (Phi) is 4.22. The van der Waals surface area contributed by atoms with Gasteiger partial charge < -0.3 is 10.0 Å². The Bertz CT molecular complexity index is 579. The summed E-state index contributed by atoms with van der Waals surface area (Å²) in [5, 5.41) is 12.8. The first-order valence-corrected chi connectivity index (χ1v) is 6.70. The lowest BCUT2D eigenvalue weighted by Crippen LogP contribution is -2.36. The zero-order valence-electron chi connectivity index (χ0n) is 11.6. The number of hydrogen-bond donors (Lipinski definition) is 1. The van der Waals surface area contributed by atoms with Gasteiger partial charge in [-0.25, -0.2) is 9.48 Å². The molecule has 2 rings (SSSR count). The van der Waals surface area contributed by atoms with Crippen molar-refractivity contribution in [3.8, 4) is 0 Å². The molecule has 1 aromatic rings. The summed E-state index contributed by atoms with van der Waals surface area (Å²) in [6.45, 7) is 7.35. The topological polar surface area (TPSA) is 75.4 Å². The van der Waals surface area contributed by atoms with E-state index in [0.29, 0.717) is 5.92 Å². The van der Waals surface area contributed by atoms with E-state index >= 15 is 0 Å². The van der Waals surface area contributed by atoms with Gasteiger partial charge in [-0.1, -0.05) is 13.5 Å². The smallest absolute Gasteiger partial charge is 0.332 e. The third-order valence-corrected chi connectivity index (χ3v) is 3.52. The molecule has 0 spiro atoms. The normalized spacial score (nSPS) is 18.9. The average Bonchev–Trinajstić information content (AvgIpc) is 2.40. The number of carbonyl (C=O) groups is 1. The van der Waals surface area contributed by atoms with E-state index in [0.717, 1.165) is 29.9 Å². The highest BCUT2D eigenvalue weighted by Crippen LogP contribution is 2.20. The summed E-state index contributed by atoms with van der Waals surface area (Å²) in [6.07, 6.45) is 3.94. The number of carboxylic acid groups (broad SMARTS) is 1. The Morgan fingerprint density at radius 1 is 1.60 bits per heavy atom. The van der Waals surface area contributed by atoms with Crippen molar-refractivity contribution >= 4 is 11.7 Å². The van der Waals surface area contributed by atoms with Crippen LogP contribution in [0.25, 0.3) is 0 Å². The molecule has 0 aromatic carbocycles. The number of anilines is 1. The molecule has 0 aliphatic carbocycles. The fourth-order valence-corrected chi connectivity index (χ4v) is 2.39. The molecule has 108 valence electrons. The second kappa shape index (κ2) is 5.90. The molecule has 1 saturated heterocycles. The van der Waals surface area contributed by atoms with Crippen LogP contribution in [0.15, 0.2) is 29.2 Å². The lowest BCUT2D eigenvalue weighted by atomic mass is 10.00. The molecular weight excluding hydrogens is 258 g/mol. The van der Waals surface area contributed by atoms with E-state index in [4.69, 9.17) is 5.11 Å². The van der Waals surface area contributed by atoms with Crippen LogP contribution in [0.4, 0.5) is 5.69 Å². The molecule has 1 fully saturated rings.